The number of carbonyl (C=O) groups excluding carboxylic acids is 1. The minimum atomic E-state index is -0.181. The number of nitrogens with one attached hydrogen (secondary N) is 1. The van der Waals surface area contributed by atoms with Crippen molar-refractivity contribution < 1.29 is 13.9 Å². The number of rotatable bonds is 5. The normalized spacial score (nSPS) is 17.7. The molecule has 2 aromatic rings. The van der Waals surface area contributed by atoms with Crippen molar-refractivity contribution in [1.29, 1.82) is 0 Å². The summed E-state index contributed by atoms with van der Waals surface area (Å²) in [6, 6.07) is 12.2. The lowest BCUT2D eigenvalue weighted by molar-refractivity contribution is 0.0898. The monoisotopic (exact) mass is 314 g/mol. The van der Waals surface area contributed by atoms with Gasteiger partial charge in [-0.3, -0.25) is 9.69 Å². The number of hydrogen-bond acceptors (Lipinski definition) is 4. The first-order valence-corrected chi connectivity index (χ1v) is 7.80. The van der Waals surface area contributed by atoms with Gasteiger partial charge in [-0.1, -0.05) is 24.3 Å². The van der Waals surface area contributed by atoms with Crippen molar-refractivity contribution in [3.05, 3.63) is 59.0 Å². The third-order valence-corrected chi connectivity index (χ3v) is 4.29. The zero-order valence-electron chi connectivity index (χ0n) is 13.5. The number of nitrogens with zero attached hydrogens (tertiary/aromatic N) is 1. The van der Waals surface area contributed by atoms with E-state index in [1.165, 1.54) is 11.1 Å². The molecule has 23 heavy (non-hydrogen) atoms. The number of fused-ring (bicyclic) bond motifs is 1. The molecule has 0 spiro atoms. The molecule has 0 fully saturated rings. The SMILES string of the molecule is COCc1ccc(C(=O)NC[C@@H]2Cc3ccccc3CN2C)o1. The lowest BCUT2D eigenvalue weighted by atomic mass is 9.94. The maximum Gasteiger partial charge on any atom is 0.287 e. The first-order valence-electron chi connectivity index (χ1n) is 7.80. The molecule has 1 amide bonds. The number of benzene rings is 1. The van der Waals surface area contributed by atoms with Crippen molar-refractivity contribution in [2.24, 2.45) is 0 Å². The average Bonchev–Trinajstić information content (AvgIpc) is 3.01. The van der Waals surface area contributed by atoms with Gasteiger partial charge in [0, 0.05) is 26.2 Å². The summed E-state index contributed by atoms with van der Waals surface area (Å²) in [7, 11) is 3.69. The molecule has 5 heteroatoms. The molecule has 0 radical (unpaired) electrons. The number of amides is 1. The number of methoxy groups -OCH3 is 1. The molecule has 0 saturated heterocycles. The molecule has 2 heterocycles. The van der Waals surface area contributed by atoms with Crippen LogP contribution in [0.1, 0.15) is 27.4 Å². The highest BCUT2D eigenvalue weighted by Gasteiger charge is 2.23. The van der Waals surface area contributed by atoms with Gasteiger partial charge in [0.15, 0.2) is 5.76 Å². The van der Waals surface area contributed by atoms with Gasteiger partial charge in [0.05, 0.1) is 0 Å². The van der Waals surface area contributed by atoms with E-state index in [0.717, 1.165) is 13.0 Å². The lowest BCUT2D eigenvalue weighted by Crippen LogP contribution is -2.45. The molecule has 3 rings (SSSR count). The summed E-state index contributed by atoms with van der Waals surface area (Å²) < 4.78 is 10.4. The van der Waals surface area contributed by atoms with Crippen LogP contribution in [0.15, 0.2) is 40.8 Å². The maximum absolute atomic E-state index is 12.2. The molecule has 0 saturated carbocycles. The molecular formula is C18H22N2O3. The Morgan fingerprint density at radius 1 is 1.30 bits per heavy atom. The summed E-state index contributed by atoms with van der Waals surface area (Å²) in [6.45, 7) is 1.88. The molecule has 5 nitrogen and oxygen atoms in total. The van der Waals surface area contributed by atoms with E-state index >= 15 is 0 Å². The third kappa shape index (κ3) is 3.63. The average molecular weight is 314 g/mol. The van der Waals surface area contributed by atoms with Gasteiger partial charge in [-0.15, -0.1) is 0 Å². The highest BCUT2D eigenvalue weighted by Crippen LogP contribution is 2.21. The Labute approximate surface area is 136 Å². The number of likely N-dealkylation sites (N-methyl/N-ethyl adjacent to an activating group) is 1. The molecule has 1 aliphatic rings. The molecule has 122 valence electrons. The Balaban J connectivity index is 1.58. The molecule has 0 unspecified atom stereocenters. The minimum Gasteiger partial charge on any atom is -0.453 e. The second-order valence-electron chi connectivity index (χ2n) is 5.95. The van der Waals surface area contributed by atoms with Gasteiger partial charge in [0.1, 0.15) is 12.4 Å². The molecule has 1 aromatic carbocycles. The van der Waals surface area contributed by atoms with Crippen molar-refractivity contribution in [3.63, 3.8) is 0 Å². The molecule has 0 aliphatic carbocycles. The summed E-state index contributed by atoms with van der Waals surface area (Å²) in [5, 5.41) is 2.97. The van der Waals surface area contributed by atoms with Crippen LogP contribution in [0.5, 0.6) is 0 Å². The van der Waals surface area contributed by atoms with Crippen LogP contribution in [0.25, 0.3) is 0 Å². The summed E-state index contributed by atoms with van der Waals surface area (Å²) >= 11 is 0. The largest absolute Gasteiger partial charge is 0.453 e. The van der Waals surface area contributed by atoms with E-state index in [-0.39, 0.29) is 5.91 Å². The van der Waals surface area contributed by atoms with Crippen LogP contribution in [0.4, 0.5) is 0 Å². The second kappa shape index (κ2) is 6.98. The van der Waals surface area contributed by atoms with Crippen LogP contribution in [0.2, 0.25) is 0 Å². The lowest BCUT2D eigenvalue weighted by Gasteiger charge is -2.34. The smallest absolute Gasteiger partial charge is 0.287 e. The van der Waals surface area contributed by atoms with Gasteiger partial charge in [0.25, 0.3) is 5.91 Å². The van der Waals surface area contributed by atoms with Gasteiger partial charge in [-0.2, -0.15) is 0 Å². The molecule has 1 aromatic heterocycles. The quantitative estimate of drug-likeness (QED) is 0.919. The molecule has 0 bridgehead atoms. The van der Waals surface area contributed by atoms with Crippen molar-refractivity contribution in [3.8, 4) is 0 Å². The Bertz CT molecular complexity index is 680. The van der Waals surface area contributed by atoms with Crippen LogP contribution in [-0.2, 0) is 24.3 Å². The van der Waals surface area contributed by atoms with Crippen molar-refractivity contribution in [2.75, 3.05) is 20.7 Å². The predicted octanol–water partition coefficient (Wildman–Crippen LogP) is 2.21. The minimum absolute atomic E-state index is 0.181. The summed E-state index contributed by atoms with van der Waals surface area (Å²) in [4.78, 5) is 14.5. The van der Waals surface area contributed by atoms with Gasteiger partial charge >= 0.3 is 0 Å². The second-order valence-corrected chi connectivity index (χ2v) is 5.95. The molecule has 1 atom stereocenters. The number of hydrogen-bond donors (Lipinski definition) is 1. The first kappa shape index (κ1) is 15.8. The fraction of sp³-hybridized carbons (Fsp3) is 0.389. The summed E-state index contributed by atoms with van der Waals surface area (Å²) in [5.41, 5.74) is 2.73. The van der Waals surface area contributed by atoms with Gasteiger partial charge in [0.2, 0.25) is 0 Å². The van der Waals surface area contributed by atoms with Crippen molar-refractivity contribution in [1.82, 2.24) is 10.2 Å². The van der Waals surface area contributed by atoms with Crippen LogP contribution in [0, 0.1) is 0 Å². The Kier molecular flexibility index (Phi) is 4.79. The third-order valence-electron chi connectivity index (χ3n) is 4.29. The number of furan rings is 1. The zero-order valence-corrected chi connectivity index (χ0v) is 13.5. The van der Waals surface area contributed by atoms with Crippen molar-refractivity contribution >= 4 is 5.91 Å². The topological polar surface area (TPSA) is 54.7 Å². The Hall–Kier alpha value is -2.11. The van der Waals surface area contributed by atoms with Crippen LogP contribution < -0.4 is 5.32 Å². The zero-order chi connectivity index (χ0) is 16.2. The standard InChI is InChI=1S/C18H22N2O3/c1-20-11-14-6-4-3-5-13(14)9-15(20)10-19-18(21)17-8-7-16(23-17)12-22-2/h3-8,15H,9-12H2,1-2H3,(H,19,21)/t15-/m0/s1. The van der Waals surface area contributed by atoms with Gasteiger partial charge in [-0.25, -0.2) is 0 Å². The highest BCUT2D eigenvalue weighted by molar-refractivity contribution is 5.91. The van der Waals surface area contributed by atoms with E-state index < -0.39 is 0 Å². The van der Waals surface area contributed by atoms with Crippen molar-refractivity contribution in [2.45, 2.75) is 25.6 Å². The van der Waals surface area contributed by atoms with E-state index in [4.69, 9.17) is 9.15 Å². The van der Waals surface area contributed by atoms with E-state index in [2.05, 4.69) is 41.5 Å². The summed E-state index contributed by atoms with van der Waals surface area (Å²) in [6.07, 6.45) is 0.944. The fourth-order valence-corrected chi connectivity index (χ4v) is 2.96. The van der Waals surface area contributed by atoms with E-state index in [0.29, 0.717) is 30.7 Å². The highest BCUT2D eigenvalue weighted by atomic mass is 16.5. The number of carbonyl (C=O) groups is 1. The van der Waals surface area contributed by atoms with Crippen LogP contribution in [-0.4, -0.2) is 37.6 Å². The van der Waals surface area contributed by atoms with Gasteiger partial charge in [-0.05, 0) is 36.7 Å². The molecule has 1 N–H and O–H groups in total. The van der Waals surface area contributed by atoms with Gasteiger partial charge < -0.3 is 14.5 Å². The Morgan fingerprint density at radius 3 is 2.87 bits per heavy atom. The van der Waals surface area contributed by atoms with E-state index in [9.17, 15) is 4.79 Å². The number of ether oxygens (including phenoxy) is 1. The van der Waals surface area contributed by atoms with Crippen LogP contribution in [0.3, 0.4) is 0 Å². The maximum atomic E-state index is 12.2. The first-order chi connectivity index (χ1) is 11.2. The molecule has 1 aliphatic heterocycles. The molecular weight excluding hydrogens is 292 g/mol. The van der Waals surface area contributed by atoms with Crippen LogP contribution >= 0.6 is 0 Å². The predicted molar refractivity (Wildman–Crippen MR) is 87.2 cm³/mol. The van der Waals surface area contributed by atoms with E-state index in [1.54, 1.807) is 19.2 Å². The Morgan fingerprint density at radius 2 is 2.09 bits per heavy atom. The fourth-order valence-electron chi connectivity index (χ4n) is 2.96. The summed E-state index contributed by atoms with van der Waals surface area (Å²) in [5.74, 6) is 0.803. The van der Waals surface area contributed by atoms with E-state index in [1.807, 2.05) is 0 Å².